The lowest BCUT2D eigenvalue weighted by Crippen LogP contribution is -2.68. The van der Waals surface area contributed by atoms with Crippen molar-refractivity contribution < 1.29 is 32.3 Å². The second kappa shape index (κ2) is 12.3. The monoisotopic (exact) mass is 744 g/mol. The fraction of sp³-hybridized carbons (Fsp3) is 0.556. The standard InChI is InChI=1S/C27H34Br2N6O7S/c1-15(2)11-17(21(36)31-18(23(38)42-5)12-16-9-7-6-8-10-16)30-22(37)19-13-34(33-32-19)14-20-26(3,4)43(40,41)25-27(28,29)24(39)35(20)25/h6-10,13,15,17-18,20,25H,11-12,14H2,1-5H3,(H,30,37)(H,31,36)/t17-,18-,20-,25+/m0/s1. The van der Waals surface area contributed by atoms with E-state index in [9.17, 15) is 27.6 Å². The lowest BCUT2D eigenvalue weighted by atomic mass is 9.98. The van der Waals surface area contributed by atoms with Gasteiger partial charge in [0.15, 0.2) is 24.1 Å². The van der Waals surface area contributed by atoms with Gasteiger partial charge in [0.2, 0.25) is 5.91 Å². The molecule has 0 saturated carbocycles. The molecule has 0 unspecified atom stereocenters. The predicted octanol–water partition coefficient (Wildman–Crippen LogP) is 1.55. The molecular weight excluding hydrogens is 712 g/mol. The summed E-state index contributed by atoms with van der Waals surface area (Å²) in [5.41, 5.74) is 0.720. The Morgan fingerprint density at radius 1 is 1.09 bits per heavy atom. The molecule has 2 N–H and O–H groups in total. The van der Waals surface area contributed by atoms with E-state index in [-0.39, 0.29) is 31.0 Å². The largest absolute Gasteiger partial charge is 0.467 e. The van der Waals surface area contributed by atoms with Crippen molar-refractivity contribution in [2.24, 2.45) is 5.92 Å². The summed E-state index contributed by atoms with van der Waals surface area (Å²) in [5, 5.41) is 12.2. The maximum absolute atomic E-state index is 13.3. The van der Waals surface area contributed by atoms with Crippen LogP contribution in [0.5, 0.6) is 0 Å². The summed E-state index contributed by atoms with van der Waals surface area (Å²) in [5.74, 6) is -2.27. The van der Waals surface area contributed by atoms with Crippen LogP contribution < -0.4 is 10.6 Å². The van der Waals surface area contributed by atoms with Gasteiger partial charge >= 0.3 is 5.97 Å². The van der Waals surface area contributed by atoms with E-state index in [0.717, 1.165) is 5.56 Å². The van der Waals surface area contributed by atoms with E-state index in [2.05, 4.69) is 52.8 Å². The molecule has 1 aromatic carbocycles. The number of alkyl halides is 2. The second-order valence-corrected chi connectivity index (χ2v) is 17.8. The van der Waals surface area contributed by atoms with Crippen LogP contribution in [0.3, 0.4) is 0 Å². The van der Waals surface area contributed by atoms with Crippen molar-refractivity contribution in [1.29, 1.82) is 0 Å². The molecule has 3 amide bonds. The molecule has 43 heavy (non-hydrogen) atoms. The van der Waals surface area contributed by atoms with Gasteiger partial charge < -0.3 is 20.3 Å². The number of carbonyl (C=O) groups excluding carboxylic acids is 4. The van der Waals surface area contributed by atoms with Gasteiger partial charge in [-0.1, -0.05) is 81.3 Å². The number of ether oxygens (including phenoxy) is 1. The van der Waals surface area contributed by atoms with Crippen molar-refractivity contribution in [2.45, 2.75) is 78.6 Å². The average molecular weight is 746 g/mol. The number of sulfone groups is 1. The van der Waals surface area contributed by atoms with Crippen LogP contribution in [0.4, 0.5) is 0 Å². The Bertz CT molecular complexity index is 1510. The van der Waals surface area contributed by atoms with Crippen LogP contribution in [0.1, 0.15) is 50.2 Å². The van der Waals surface area contributed by atoms with Crippen LogP contribution in [-0.4, -0.2) is 90.6 Å². The molecule has 2 saturated heterocycles. The number of amides is 3. The Balaban J connectivity index is 1.47. The quantitative estimate of drug-likeness (QED) is 0.197. The Kier molecular flexibility index (Phi) is 9.43. The van der Waals surface area contributed by atoms with Gasteiger partial charge in [0.25, 0.3) is 11.8 Å². The van der Waals surface area contributed by atoms with E-state index in [0.29, 0.717) is 0 Å². The number of benzene rings is 1. The average Bonchev–Trinajstić information content (AvgIpc) is 3.46. The number of β-lactam (4-membered cyclic amide) rings is 1. The van der Waals surface area contributed by atoms with Gasteiger partial charge in [-0.3, -0.25) is 14.4 Å². The number of esters is 1. The smallest absolute Gasteiger partial charge is 0.328 e. The molecule has 234 valence electrons. The van der Waals surface area contributed by atoms with Crippen molar-refractivity contribution in [2.75, 3.05) is 7.11 Å². The van der Waals surface area contributed by atoms with Crippen molar-refractivity contribution in [3.63, 3.8) is 0 Å². The highest BCUT2D eigenvalue weighted by atomic mass is 79.9. The molecule has 2 aromatic rings. The lowest BCUT2D eigenvalue weighted by molar-refractivity contribution is -0.145. The van der Waals surface area contributed by atoms with Crippen molar-refractivity contribution in [3.05, 3.63) is 47.8 Å². The zero-order valence-corrected chi connectivity index (χ0v) is 28.3. The number of halogens is 2. The first-order valence-corrected chi connectivity index (χ1v) is 16.7. The van der Waals surface area contributed by atoms with E-state index in [4.69, 9.17) is 4.74 Å². The number of rotatable bonds is 11. The van der Waals surface area contributed by atoms with Crippen molar-refractivity contribution >= 4 is 65.4 Å². The molecule has 0 bridgehead atoms. The minimum atomic E-state index is -3.77. The second-order valence-electron chi connectivity index (χ2n) is 11.6. The molecule has 2 aliphatic rings. The summed E-state index contributed by atoms with van der Waals surface area (Å²) in [7, 11) is -2.53. The maximum Gasteiger partial charge on any atom is 0.328 e. The molecule has 0 radical (unpaired) electrons. The Morgan fingerprint density at radius 3 is 2.35 bits per heavy atom. The summed E-state index contributed by atoms with van der Waals surface area (Å²) in [4.78, 5) is 53.0. The molecule has 3 heterocycles. The summed E-state index contributed by atoms with van der Waals surface area (Å²) >= 11 is 6.39. The highest BCUT2D eigenvalue weighted by Crippen LogP contribution is 2.56. The van der Waals surface area contributed by atoms with Gasteiger partial charge in [-0.25, -0.2) is 17.9 Å². The van der Waals surface area contributed by atoms with Crippen LogP contribution in [0.25, 0.3) is 0 Å². The van der Waals surface area contributed by atoms with Crippen molar-refractivity contribution in [3.8, 4) is 0 Å². The number of methoxy groups -OCH3 is 1. The third-order valence-electron chi connectivity index (χ3n) is 7.79. The molecule has 1 aromatic heterocycles. The molecule has 4 atom stereocenters. The normalized spacial score (nSPS) is 22.7. The number of nitrogens with one attached hydrogen (secondary N) is 2. The Labute approximate surface area is 266 Å². The number of fused-ring (bicyclic) bond motifs is 1. The molecule has 2 fully saturated rings. The van der Waals surface area contributed by atoms with E-state index >= 15 is 0 Å². The first-order chi connectivity index (χ1) is 20.0. The minimum absolute atomic E-state index is 0.0157. The summed E-state index contributed by atoms with van der Waals surface area (Å²) in [6.45, 7) is 6.85. The van der Waals surface area contributed by atoms with E-state index in [1.807, 2.05) is 44.2 Å². The Morgan fingerprint density at radius 2 is 1.74 bits per heavy atom. The first kappa shape index (κ1) is 33.1. The highest BCUT2D eigenvalue weighted by Gasteiger charge is 2.75. The molecule has 16 heteroatoms. The molecule has 2 aliphatic heterocycles. The minimum Gasteiger partial charge on any atom is -0.467 e. The van der Waals surface area contributed by atoms with Crippen LogP contribution in [0.2, 0.25) is 0 Å². The third-order valence-corrected chi connectivity index (χ3v) is 12.9. The summed E-state index contributed by atoms with van der Waals surface area (Å²) in [6.07, 6.45) is 1.81. The Hall–Kier alpha value is -2.85. The third kappa shape index (κ3) is 6.23. The number of hydrogen-bond acceptors (Lipinski definition) is 9. The fourth-order valence-corrected chi connectivity index (χ4v) is 9.83. The number of aromatic nitrogens is 3. The SMILES string of the molecule is COC(=O)[C@H](Cc1ccccc1)NC(=O)[C@H](CC(C)C)NC(=O)c1cn(C[C@@H]2N3C(=O)C(Br)(Br)[C@H]3S(=O)(=O)C2(C)C)nn1. The number of hydrogen-bond donors (Lipinski definition) is 2. The zero-order chi connectivity index (χ0) is 31.9. The van der Waals surface area contributed by atoms with Gasteiger partial charge in [-0.05, 0) is 31.7 Å². The molecule has 0 spiro atoms. The van der Waals surface area contributed by atoms with Crippen molar-refractivity contribution in [1.82, 2.24) is 30.5 Å². The van der Waals surface area contributed by atoms with Crippen LogP contribution >= 0.6 is 31.9 Å². The predicted molar refractivity (Wildman–Crippen MR) is 163 cm³/mol. The first-order valence-electron chi connectivity index (χ1n) is 13.6. The lowest BCUT2D eigenvalue weighted by Gasteiger charge is -2.46. The van der Waals surface area contributed by atoms with Gasteiger partial charge in [0.05, 0.1) is 30.6 Å². The van der Waals surface area contributed by atoms with Gasteiger partial charge in [-0.2, -0.15) is 0 Å². The summed E-state index contributed by atoms with van der Waals surface area (Å²) < 4.78 is 30.0. The molecular formula is C27H34Br2N6O7S. The van der Waals surface area contributed by atoms with Crippen LogP contribution in [0, 0.1) is 5.92 Å². The molecule has 13 nitrogen and oxygen atoms in total. The van der Waals surface area contributed by atoms with E-state index < -0.39 is 65.0 Å². The number of carbonyl (C=O) groups is 4. The zero-order valence-electron chi connectivity index (χ0n) is 24.3. The van der Waals surface area contributed by atoms with Crippen LogP contribution in [-0.2, 0) is 41.9 Å². The molecule has 0 aliphatic carbocycles. The summed E-state index contributed by atoms with van der Waals surface area (Å²) in [6, 6.07) is 6.41. The fourth-order valence-electron chi connectivity index (χ4n) is 5.32. The topological polar surface area (TPSA) is 170 Å². The van der Waals surface area contributed by atoms with E-state index in [1.165, 1.54) is 22.9 Å². The van der Waals surface area contributed by atoms with Gasteiger partial charge in [0.1, 0.15) is 12.1 Å². The van der Waals surface area contributed by atoms with Gasteiger partial charge in [-0.15, -0.1) is 5.10 Å². The maximum atomic E-state index is 13.3. The van der Waals surface area contributed by atoms with Gasteiger partial charge in [0, 0.05) is 6.42 Å². The highest BCUT2D eigenvalue weighted by molar-refractivity contribution is 9.26. The number of nitrogens with zero attached hydrogens (tertiary/aromatic N) is 4. The van der Waals surface area contributed by atoms with Crippen LogP contribution in [0.15, 0.2) is 36.5 Å². The van der Waals surface area contributed by atoms with E-state index in [1.54, 1.807) is 13.8 Å². The molecule has 4 rings (SSSR count).